The van der Waals surface area contributed by atoms with Crippen molar-refractivity contribution in [3.8, 4) is 5.75 Å². The van der Waals surface area contributed by atoms with E-state index < -0.39 is 11.7 Å². The summed E-state index contributed by atoms with van der Waals surface area (Å²) in [6.07, 6.45) is 3.06. The summed E-state index contributed by atoms with van der Waals surface area (Å²) < 4.78 is 18.5. The Bertz CT molecular complexity index is 788. The number of nitrogens with zero attached hydrogens (tertiary/aromatic N) is 1. The maximum absolute atomic E-state index is 13.1. The van der Waals surface area contributed by atoms with Gasteiger partial charge in [-0.2, -0.15) is 0 Å². The zero-order chi connectivity index (χ0) is 18.9. The molecule has 2 aromatic rings. The normalized spacial score (nSPS) is 10.6. The number of rotatable bonds is 7. The molecule has 6 heteroatoms. The lowest BCUT2D eigenvalue weighted by molar-refractivity contribution is -0.129. The molecule has 0 aliphatic carbocycles. The van der Waals surface area contributed by atoms with Gasteiger partial charge in [-0.25, -0.2) is 4.39 Å². The number of likely N-dealkylation sites (N-methyl/N-ethyl adjacent to an activating group) is 1. The first kappa shape index (κ1) is 19.2. The van der Waals surface area contributed by atoms with Crippen molar-refractivity contribution in [2.75, 3.05) is 25.5 Å². The third kappa shape index (κ3) is 6.05. The van der Waals surface area contributed by atoms with E-state index in [0.717, 1.165) is 11.3 Å². The number of anilines is 1. The standard InChI is InChI=1S/C20H21FN2O3/c1-3-26-18-10-7-15(8-11-18)9-12-20(25)23(2)14-19(24)22-17-6-4-5-16(21)13-17/h4-13H,3,14H2,1-2H3,(H,22,24)/b12-9+. The first-order valence-electron chi connectivity index (χ1n) is 8.19. The summed E-state index contributed by atoms with van der Waals surface area (Å²) in [6.45, 7) is 2.37. The molecule has 0 aliphatic rings. The Morgan fingerprint density at radius 2 is 1.92 bits per heavy atom. The number of carbonyl (C=O) groups excluding carboxylic acids is 2. The molecule has 2 amide bonds. The van der Waals surface area contributed by atoms with Gasteiger partial charge in [0.15, 0.2) is 0 Å². The summed E-state index contributed by atoms with van der Waals surface area (Å²) >= 11 is 0. The molecular weight excluding hydrogens is 335 g/mol. The second kappa shape index (κ2) is 9.36. The van der Waals surface area contributed by atoms with Gasteiger partial charge in [0, 0.05) is 18.8 Å². The van der Waals surface area contributed by atoms with E-state index in [1.54, 1.807) is 12.1 Å². The largest absolute Gasteiger partial charge is 0.494 e. The minimum absolute atomic E-state index is 0.136. The number of benzene rings is 2. The molecule has 136 valence electrons. The van der Waals surface area contributed by atoms with E-state index in [1.807, 2.05) is 31.2 Å². The van der Waals surface area contributed by atoms with Crippen molar-refractivity contribution < 1.29 is 18.7 Å². The Kier molecular flexibility index (Phi) is 6.91. The summed E-state index contributed by atoms with van der Waals surface area (Å²) in [4.78, 5) is 25.3. The van der Waals surface area contributed by atoms with Gasteiger partial charge in [-0.05, 0) is 48.9 Å². The van der Waals surface area contributed by atoms with Crippen molar-refractivity contribution >= 4 is 23.6 Å². The summed E-state index contributed by atoms with van der Waals surface area (Å²) in [5.41, 5.74) is 1.19. The van der Waals surface area contributed by atoms with Crippen molar-refractivity contribution in [1.82, 2.24) is 4.90 Å². The molecular formula is C20H21FN2O3. The highest BCUT2D eigenvalue weighted by Gasteiger charge is 2.11. The highest BCUT2D eigenvalue weighted by molar-refractivity contribution is 5.97. The maximum Gasteiger partial charge on any atom is 0.246 e. The van der Waals surface area contributed by atoms with Crippen LogP contribution in [-0.2, 0) is 9.59 Å². The van der Waals surface area contributed by atoms with Crippen molar-refractivity contribution in [3.63, 3.8) is 0 Å². The molecule has 0 heterocycles. The zero-order valence-corrected chi connectivity index (χ0v) is 14.7. The Balaban J connectivity index is 1.87. The van der Waals surface area contributed by atoms with Crippen molar-refractivity contribution in [3.05, 3.63) is 66.0 Å². The number of hydrogen-bond donors (Lipinski definition) is 1. The first-order valence-corrected chi connectivity index (χ1v) is 8.19. The van der Waals surface area contributed by atoms with Crippen LogP contribution in [0.4, 0.5) is 10.1 Å². The molecule has 0 fully saturated rings. The SMILES string of the molecule is CCOc1ccc(/C=C/C(=O)N(C)CC(=O)Nc2cccc(F)c2)cc1. The molecule has 1 N–H and O–H groups in total. The van der Waals surface area contributed by atoms with Crippen molar-refractivity contribution in [2.24, 2.45) is 0 Å². The van der Waals surface area contributed by atoms with Gasteiger partial charge in [-0.1, -0.05) is 18.2 Å². The molecule has 0 saturated heterocycles. The summed E-state index contributed by atoms with van der Waals surface area (Å²) in [5.74, 6) is -0.387. The van der Waals surface area contributed by atoms with Gasteiger partial charge in [-0.3, -0.25) is 9.59 Å². The molecule has 0 spiro atoms. The van der Waals surface area contributed by atoms with Gasteiger partial charge < -0.3 is 15.0 Å². The highest BCUT2D eigenvalue weighted by Crippen LogP contribution is 2.13. The smallest absolute Gasteiger partial charge is 0.246 e. The number of carbonyl (C=O) groups is 2. The van der Waals surface area contributed by atoms with E-state index in [-0.39, 0.29) is 12.5 Å². The average Bonchev–Trinajstić information content (AvgIpc) is 2.61. The number of amides is 2. The second-order valence-corrected chi connectivity index (χ2v) is 5.59. The lowest BCUT2D eigenvalue weighted by atomic mass is 10.2. The van der Waals surface area contributed by atoms with Crippen LogP contribution >= 0.6 is 0 Å². The Labute approximate surface area is 152 Å². The van der Waals surface area contributed by atoms with E-state index in [1.165, 1.54) is 36.2 Å². The third-order valence-corrected chi connectivity index (χ3v) is 3.47. The van der Waals surface area contributed by atoms with Gasteiger partial charge in [0.05, 0.1) is 13.2 Å². The van der Waals surface area contributed by atoms with E-state index in [2.05, 4.69) is 5.32 Å². The molecule has 5 nitrogen and oxygen atoms in total. The molecule has 0 aromatic heterocycles. The molecule has 2 rings (SSSR count). The predicted molar refractivity (Wildman–Crippen MR) is 99.3 cm³/mol. The lowest BCUT2D eigenvalue weighted by Crippen LogP contribution is -2.33. The predicted octanol–water partition coefficient (Wildman–Crippen LogP) is 3.33. The first-order chi connectivity index (χ1) is 12.5. The van der Waals surface area contributed by atoms with Gasteiger partial charge in [0.2, 0.25) is 11.8 Å². The monoisotopic (exact) mass is 356 g/mol. The van der Waals surface area contributed by atoms with Crippen LogP contribution in [0.5, 0.6) is 5.75 Å². The summed E-state index contributed by atoms with van der Waals surface area (Å²) in [7, 11) is 1.52. The van der Waals surface area contributed by atoms with E-state index in [9.17, 15) is 14.0 Å². The molecule has 0 atom stereocenters. The van der Waals surface area contributed by atoms with Gasteiger partial charge in [0.1, 0.15) is 11.6 Å². The van der Waals surface area contributed by atoms with Crippen LogP contribution < -0.4 is 10.1 Å². The quantitative estimate of drug-likeness (QED) is 0.774. The molecule has 0 aliphatic heterocycles. The molecule has 0 saturated carbocycles. The Morgan fingerprint density at radius 3 is 2.58 bits per heavy atom. The Morgan fingerprint density at radius 1 is 1.19 bits per heavy atom. The van der Waals surface area contributed by atoms with E-state index in [0.29, 0.717) is 12.3 Å². The minimum Gasteiger partial charge on any atom is -0.494 e. The van der Waals surface area contributed by atoms with Gasteiger partial charge in [0.25, 0.3) is 0 Å². The van der Waals surface area contributed by atoms with Crippen LogP contribution in [0.25, 0.3) is 6.08 Å². The third-order valence-electron chi connectivity index (χ3n) is 3.47. The lowest BCUT2D eigenvalue weighted by Gasteiger charge is -2.14. The van der Waals surface area contributed by atoms with Gasteiger partial charge >= 0.3 is 0 Å². The van der Waals surface area contributed by atoms with Crippen LogP contribution in [0, 0.1) is 5.82 Å². The minimum atomic E-state index is -0.439. The van der Waals surface area contributed by atoms with E-state index in [4.69, 9.17) is 4.74 Å². The molecule has 0 radical (unpaired) electrons. The summed E-state index contributed by atoms with van der Waals surface area (Å²) in [5, 5.41) is 2.55. The van der Waals surface area contributed by atoms with Crippen molar-refractivity contribution in [1.29, 1.82) is 0 Å². The Hall–Kier alpha value is -3.15. The molecule has 2 aromatic carbocycles. The van der Waals surface area contributed by atoms with Crippen LogP contribution in [0.2, 0.25) is 0 Å². The highest BCUT2D eigenvalue weighted by atomic mass is 19.1. The van der Waals surface area contributed by atoms with Crippen LogP contribution in [-0.4, -0.2) is 36.9 Å². The topological polar surface area (TPSA) is 58.6 Å². The second-order valence-electron chi connectivity index (χ2n) is 5.59. The van der Waals surface area contributed by atoms with E-state index >= 15 is 0 Å². The number of hydrogen-bond acceptors (Lipinski definition) is 3. The number of nitrogens with one attached hydrogen (secondary N) is 1. The summed E-state index contributed by atoms with van der Waals surface area (Å²) in [6, 6.07) is 12.9. The van der Waals surface area contributed by atoms with Crippen LogP contribution in [0.15, 0.2) is 54.6 Å². The molecule has 0 bridgehead atoms. The van der Waals surface area contributed by atoms with Crippen LogP contribution in [0.1, 0.15) is 12.5 Å². The van der Waals surface area contributed by atoms with Gasteiger partial charge in [-0.15, -0.1) is 0 Å². The fourth-order valence-electron chi connectivity index (χ4n) is 2.20. The average molecular weight is 356 g/mol. The number of halogens is 1. The van der Waals surface area contributed by atoms with Crippen molar-refractivity contribution in [2.45, 2.75) is 6.92 Å². The maximum atomic E-state index is 13.1. The zero-order valence-electron chi connectivity index (χ0n) is 14.7. The molecule has 0 unspecified atom stereocenters. The molecule has 26 heavy (non-hydrogen) atoms. The van der Waals surface area contributed by atoms with Crippen LogP contribution in [0.3, 0.4) is 0 Å². The fraction of sp³-hybridized carbons (Fsp3) is 0.200. The number of ether oxygens (including phenoxy) is 1. The fourth-order valence-corrected chi connectivity index (χ4v) is 2.20.